The van der Waals surface area contributed by atoms with Gasteiger partial charge in [0.2, 0.25) is 0 Å². The Balaban J connectivity index is 1.72. The summed E-state index contributed by atoms with van der Waals surface area (Å²) in [4.78, 5) is 15.7. The van der Waals surface area contributed by atoms with Gasteiger partial charge in [0.05, 0.1) is 0 Å². The highest BCUT2D eigenvalue weighted by Gasteiger charge is 2.03. The van der Waals surface area contributed by atoms with Crippen molar-refractivity contribution in [2.45, 2.75) is 4.90 Å². The van der Waals surface area contributed by atoms with Crippen molar-refractivity contribution in [3.8, 4) is 10.4 Å². The molecule has 0 N–H and O–H groups in total. The third-order valence-electron chi connectivity index (χ3n) is 3.46. The van der Waals surface area contributed by atoms with E-state index in [0.29, 0.717) is 0 Å². The van der Waals surface area contributed by atoms with Gasteiger partial charge in [-0.3, -0.25) is 4.79 Å². The van der Waals surface area contributed by atoms with E-state index in [-0.39, 0.29) is 5.78 Å². The van der Waals surface area contributed by atoms with Crippen molar-refractivity contribution in [2.75, 3.05) is 6.26 Å². The van der Waals surface area contributed by atoms with Gasteiger partial charge in [-0.15, -0.1) is 23.1 Å². The maximum atomic E-state index is 12.2. The Labute approximate surface area is 144 Å². The second kappa shape index (κ2) is 7.44. The first-order valence-corrected chi connectivity index (χ1v) is 9.32. The molecule has 0 radical (unpaired) electrons. The highest BCUT2D eigenvalue weighted by atomic mass is 32.2. The van der Waals surface area contributed by atoms with Gasteiger partial charge in [0.15, 0.2) is 5.78 Å². The number of thiophene rings is 1. The molecular weight excluding hydrogens is 320 g/mol. The molecule has 0 amide bonds. The molecular formula is C20H16OS2. The van der Waals surface area contributed by atoms with E-state index in [1.807, 2.05) is 60.9 Å². The molecule has 0 aliphatic heterocycles. The van der Waals surface area contributed by atoms with Crippen LogP contribution in [-0.4, -0.2) is 12.0 Å². The monoisotopic (exact) mass is 336 g/mol. The Kier molecular flexibility index (Phi) is 5.11. The number of carbonyl (C=O) groups excluding carboxylic acids is 1. The lowest BCUT2D eigenvalue weighted by Gasteiger charge is -1.98. The highest BCUT2D eigenvalue weighted by molar-refractivity contribution is 7.98. The summed E-state index contributed by atoms with van der Waals surface area (Å²) in [6.45, 7) is 0. The van der Waals surface area contributed by atoms with E-state index in [2.05, 4.69) is 18.2 Å². The van der Waals surface area contributed by atoms with Crippen molar-refractivity contribution in [3.63, 3.8) is 0 Å². The van der Waals surface area contributed by atoms with E-state index in [9.17, 15) is 4.79 Å². The minimum Gasteiger partial charge on any atom is -0.289 e. The van der Waals surface area contributed by atoms with Crippen LogP contribution < -0.4 is 0 Å². The van der Waals surface area contributed by atoms with Gasteiger partial charge in [0.1, 0.15) is 0 Å². The second-order valence-electron chi connectivity index (χ2n) is 4.99. The summed E-state index contributed by atoms with van der Waals surface area (Å²) in [6.07, 6.45) is 5.56. The maximum absolute atomic E-state index is 12.2. The predicted molar refractivity (Wildman–Crippen MR) is 101 cm³/mol. The number of thioether (sulfide) groups is 1. The molecule has 1 aromatic heterocycles. The number of benzene rings is 2. The summed E-state index contributed by atoms with van der Waals surface area (Å²) in [5.41, 5.74) is 1.93. The zero-order valence-corrected chi connectivity index (χ0v) is 14.4. The largest absolute Gasteiger partial charge is 0.289 e. The second-order valence-corrected chi connectivity index (χ2v) is 6.99. The van der Waals surface area contributed by atoms with Crippen molar-refractivity contribution in [3.05, 3.63) is 83.2 Å². The summed E-state index contributed by atoms with van der Waals surface area (Å²) >= 11 is 3.36. The summed E-state index contributed by atoms with van der Waals surface area (Å²) in [5.74, 6) is 0.0346. The van der Waals surface area contributed by atoms with E-state index in [4.69, 9.17) is 0 Å². The average Bonchev–Trinajstić information content (AvgIpc) is 3.09. The molecule has 0 saturated carbocycles. The first kappa shape index (κ1) is 15.8. The molecule has 0 saturated heterocycles. The fraction of sp³-hybridized carbons (Fsp3) is 0.0500. The van der Waals surface area contributed by atoms with Crippen molar-refractivity contribution in [1.82, 2.24) is 0 Å². The third-order valence-corrected chi connectivity index (χ3v) is 5.30. The topological polar surface area (TPSA) is 17.1 Å². The fourth-order valence-corrected chi connectivity index (χ4v) is 3.53. The fourth-order valence-electron chi connectivity index (χ4n) is 2.21. The molecule has 0 aliphatic carbocycles. The van der Waals surface area contributed by atoms with E-state index >= 15 is 0 Å². The molecule has 0 spiro atoms. The molecule has 3 heteroatoms. The average molecular weight is 336 g/mol. The van der Waals surface area contributed by atoms with Crippen LogP contribution in [0.15, 0.2) is 77.7 Å². The Hall–Kier alpha value is -2.10. The molecule has 0 atom stereocenters. The lowest BCUT2D eigenvalue weighted by Crippen LogP contribution is -1.93. The van der Waals surface area contributed by atoms with Crippen LogP contribution >= 0.6 is 23.1 Å². The van der Waals surface area contributed by atoms with Crippen LogP contribution in [0, 0.1) is 0 Å². The first-order chi connectivity index (χ1) is 11.3. The molecule has 0 aliphatic rings. The van der Waals surface area contributed by atoms with Crippen molar-refractivity contribution >= 4 is 35.0 Å². The Bertz CT molecular complexity index is 814. The van der Waals surface area contributed by atoms with Crippen molar-refractivity contribution < 1.29 is 4.79 Å². The van der Waals surface area contributed by atoms with Crippen LogP contribution in [-0.2, 0) is 0 Å². The highest BCUT2D eigenvalue weighted by Crippen LogP contribution is 2.28. The maximum Gasteiger partial charge on any atom is 0.185 e. The lowest BCUT2D eigenvalue weighted by molar-refractivity contribution is 0.104. The molecule has 1 nitrogen and oxygen atoms in total. The van der Waals surface area contributed by atoms with Crippen LogP contribution in [0.25, 0.3) is 16.5 Å². The van der Waals surface area contributed by atoms with Crippen LogP contribution in [0.3, 0.4) is 0 Å². The van der Waals surface area contributed by atoms with E-state index in [1.165, 1.54) is 10.4 Å². The van der Waals surface area contributed by atoms with Gasteiger partial charge < -0.3 is 0 Å². The SMILES string of the molecule is CSc1ccc(C(=O)/C=C/c2ccc(-c3ccccc3)s2)cc1. The van der Waals surface area contributed by atoms with Gasteiger partial charge in [-0.05, 0) is 60.4 Å². The van der Waals surface area contributed by atoms with Gasteiger partial charge in [-0.25, -0.2) is 0 Å². The van der Waals surface area contributed by atoms with E-state index in [0.717, 1.165) is 15.3 Å². The van der Waals surface area contributed by atoms with Gasteiger partial charge in [-0.1, -0.05) is 30.3 Å². The first-order valence-electron chi connectivity index (χ1n) is 7.28. The van der Waals surface area contributed by atoms with Crippen molar-refractivity contribution in [2.24, 2.45) is 0 Å². The summed E-state index contributed by atoms with van der Waals surface area (Å²) < 4.78 is 0. The van der Waals surface area contributed by atoms with Crippen LogP contribution in [0.5, 0.6) is 0 Å². The van der Waals surface area contributed by atoms with Crippen LogP contribution in [0.4, 0.5) is 0 Å². The molecule has 1 heterocycles. The molecule has 2 aromatic carbocycles. The molecule has 0 unspecified atom stereocenters. The number of carbonyl (C=O) groups is 1. The van der Waals surface area contributed by atoms with Gasteiger partial charge >= 0.3 is 0 Å². The Morgan fingerprint density at radius 1 is 0.957 bits per heavy atom. The normalized spacial score (nSPS) is 11.0. The zero-order valence-electron chi connectivity index (χ0n) is 12.7. The van der Waals surface area contributed by atoms with Gasteiger partial charge in [0, 0.05) is 20.2 Å². The Morgan fingerprint density at radius 3 is 2.39 bits per heavy atom. The van der Waals surface area contributed by atoms with Gasteiger partial charge in [-0.2, -0.15) is 0 Å². The number of allylic oxidation sites excluding steroid dienone is 1. The number of rotatable bonds is 5. The predicted octanol–water partition coefficient (Wildman–Crippen LogP) is 6.03. The van der Waals surface area contributed by atoms with Gasteiger partial charge in [0.25, 0.3) is 0 Å². The molecule has 3 rings (SSSR count). The number of hydrogen-bond acceptors (Lipinski definition) is 3. The third kappa shape index (κ3) is 4.01. The minimum absolute atomic E-state index is 0.0346. The molecule has 0 bridgehead atoms. The zero-order chi connectivity index (χ0) is 16.1. The van der Waals surface area contributed by atoms with Crippen molar-refractivity contribution in [1.29, 1.82) is 0 Å². The lowest BCUT2D eigenvalue weighted by atomic mass is 10.1. The number of ketones is 1. The summed E-state index contributed by atoms with van der Waals surface area (Å²) in [7, 11) is 0. The quantitative estimate of drug-likeness (QED) is 0.321. The molecule has 3 aromatic rings. The van der Waals surface area contributed by atoms with Crippen LogP contribution in [0.2, 0.25) is 0 Å². The van der Waals surface area contributed by atoms with E-state index < -0.39 is 0 Å². The summed E-state index contributed by atoms with van der Waals surface area (Å²) in [5, 5.41) is 0. The Morgan fingerprint density at radius 2 is 1.70 bits per heavy atom. The number of hydrogen-bond donors (Lipinski definition) is 0. The molecule has 0 fully saturated rings. The molecule has 114 valence electrons. The minimum atomic E-state index is 0.0346. The van der Waals surface area contributed by atoms with E-state index in [1.54, 1.807) is 29.2 Å². The van der Waals surface area contributed by atoms with Crippen LogP contribution in [0.1, 0.15) is 15.2 Å². The smallest absolute Gasteiger partial charge is 0.185 e. The molecule has 23 heavy (non-hydrogen) atoms. The standard InChI is InChI=1S/C20H16OS2/c1-22-17-9-7-15(8-10-17)19(21)13-11-18-12-14-20(23-18)16-5-3-2-4-6-16/h2-14H,1H3/b13-11+. The summed E-state index contributed by atoms with van der Waals surface area (Å²) in [6, 6.07) is 22.1.